The molecule has 0 saturated heterocycles. The van der Waals surface area contributed by atoms with Crippen molar-refractivity contribution in [2.45, 2.75) is 13.3 Å². The molecule has 58 valence electrons. The van der Waals surface area contributed by atoms with Gasteiger partial charge in [-0.1, -0.05) is 25.1 Å². The minimum Gasteiger partial charge on any atom is -0.385 e. The van der Waals surface area contributed by atoms with E-state index in [9.17, 15) is 0 Å². The van der Waals surface area contributed by atoms with E-state index in [1.54, 1.807) is 0 Å². The number of hydrogen-bond acceptors (Lipinski definition) is 1. The molecule has 0 radical (unpaired) electrons. The summed E-state index contributed by atoms with van der Waals surface area (Å²) in [4.78, 5) is 0. The van der Waals surface area contributed by atoms with Crippen molar-refractivity contribution >= 4 is 5.69 Å². The standard InChI is InChI=1S/C10H13N/c1-8-6-9-4-2-3-5-10(9)11-7-8/h2-5,8,11H,6-7H2,1H3. The highest BCUT2D eigenvalue weighted by molar-refractivity contribution is 5.52. The minimum absolute atomic E-state index is 0.782. The van der Waals surface area contributed by atoms with Crippen LogP contribution >= 0.6 is 0 Å². The largest absolute Gasteiger partial charge is 0.385 e. The molecule has 0 aliphatic carbocycles. The quantitative estimate of drug-likeness (QED) is 0.593. The molecule has 1 unspecified atom stereocenters. The van der Waals surface area contributed by atoms with Crippen LogP contribution in [0.15, 0.2) is 24.3 Å². The molecule has 1 aromatic carbocycles. The summed E-state index contributed by atoms with van der Waals surface area (Å²) in [5, 5.41) is 3.41. The molecule has 1 aromatic rings. The Morgan fingerprint density at radius 3 is 3.09 bits per heavy atom. The molecule has 11 heavy (non-hydrogen) atoms. The van der Waals surface area contributed by atoms with Crippen molar-refractivity contribution in [2.24, 2.45) is 5.92 Å². The van der Waals surface area contributed by atoms with Gasteiger partial charge in [-0.2, -0.15) is 0 Å². The van der Waals surface area contributed by atoms with E-state index in [0.29, 0.717) is 0 Å². The first kappa shape index (κ1) is 6.71. The predicted octanol–water partition coefficient (Wildman–Crippen LogP) is 2.29. The highest BCUT2D eigenvalue weighted by Gasteiger charge is 2.12. The van der Waals surface area contributed by atoms with Gasteiger partial charge < -0.3 is 5.32 Å². The molecule has 2 rings (SSSR count). The van der Waals surface area contributed by atoms with E-state index in [0.717, 1.165) is 12.5 Å². The Morgan fingerprint density at radius 1 is 1.36 bits per heavy atom. The summed E-state index contributed by atoms with van der Waals surface area (Å²) in [5.74, 6) is 0.782. The number of rotatable bonds is 0. The molecule has 0 aromatic heterocycles. The van der Waals surface area contributed by atoms with E-state index in [2.05, 4.69) is 36.5 Å². The lowest BCUT2D eigenvalue weighted by atomic mass is 9.96. The van der Waals surface area contributed by atoms with Gasteiger partial charge in [0.15, 0.2) is 0 Å². The second-order valence-electron chi connectivity index (χ2n) is 3.35. The fourth-order valence-corrected chi connectivity index (χ4v) is 1.60. The maximum Gasteiger partial charge on any atom is 0.0372 e. The molecular weight excluding hydrogens is 134 g/mol. The normalized spacial score (nSPS) is 22.1. The molecule has 0 bridgehead atoms. The van der Waals surface area contributed by atoms with Crippen LogP contribution in [0.5, 0.6) is 0 Å². The third-order valence-electron chi connectivity index (χ3n) is 2.23. The first-order valence-corrected chi connectivity index (χ1v) is 4.18. The van der Waals surface area contributed by atoms with Crippen molar-refractivity contribution in [1.82, 2.24) is 0 Å². The maximum absolute atomic E-state index is 3.41. The van der Waals surface area contributed by atoms with E-state index >= 15 is 0 Å². The molecule has 0 spiro atoms. The van der Waals surface area contributed by atoms with Gasteiger partial charge in [-0.05, 0) is 24.0 Å². The van der Waals surface area contributed by atoms with Crippen molar-refractivity contribution in [1.29, 1.82) is 0 Å². The number of anilines is 1. The third-order valence-corrected chi connectivity index (χ3v) is 2.23. The lowest BCUT2D eigenvalue weighted by Crippen LogP contribution is -2.20. The van der Waals surface area contributed by atoms with Crippen LogP contribution in [0.1, 0.15) is 12.5 Å². The summed E-state index contributed by atoms with van der Waals surface area (Å²) in [7, 11) is 0. The maximum atomic E-state index is 3.41. The summed E-state index contributed by atoms with van der Waals surface area (Å²) in [6, 6.07) is 8.56. The van der Waals surface area contributed by atoms with Crippen LogP contribution in [0.25, 0.3) is 0 Å². The third kappa shape index (κ3) is 1.23. The predicted molar refractivity (Wildman–Crippen MR) is 47.8 cm³/mol. The number of nitrogens with one attached hydrogen (secondary N) is 1. The summed E-state index contributed by atoms with van der Waals surface area (Å²) in [6.45, 7) is 3.40. The molecular formula is C10H13N. The molecule has 1 heterocycles. The van der Waals surface area contributed by atoms with Crippen LogP contribution in [0, 0.1) is 5.92 Å². The Hall–Kier alpha value is -0.980. The van der Waals surface area contributed by atoms with Crippen LogP contribution in [-0.4, -0.2) is 6.54 Å². The molecule has 0 saturated carbocycles. The topological polar surface area (TPSA) is 12.0 Å². The van der Waals surface area contributed by atoms with E-state index in [-0.39, 0.29) is 0 Å². The summed E-state index contributed by atoms with van der Waals surface area (Å²) < 4.78 is 0. The lowest BCUT2D eigenvalue weighted by Gasteiger charge is -2.22. The Bertz CT molecular complexity index is 255. The van der Waals surface area contributed by atoms with Crippen LogP contribution in [-0.2, 0) is 6.42 Å². The first-order valence-electron chi connectivity index (χ1n) is 4.18. The van der Waals surface area contributed by atoms with Gasteiger partial charge in [0.05, 0.1) is 0 Å². The van der Waals surface area contributed by atoms with Crippen molar-refractivity contribution < 1.29 is 0 Å². The Labute approximate surface area is 67.4 Å². The lowest BCUT2D eigenvalue weighted by molar-refractivity contribution is 0.595. The van der Waals surface area contributed by atoms with E-state index in [1.807, 2.05) is 0 Å². The zero-order valence-electron chi connectivity index (χ0n) is 6.80. The van der Waals surface area contributed by atoms with Gasteiger partial charge in [-0.3, -0.25) is 0 Å². The van der Waals surface area contributed by atoms with Crippen molar-refractivity contribution in [2.75, 3.05) is 11.9 Å². The van der Waals surface area contributed by atoms with Gasteiger partial charge in [0, 0.05) is 12.2 Å². The molecule has 1 nitrogen and oxygen atoms in total. The zero-order chi connectivity index (χ0) is 7.68. The average Bonchev–Trinajstić information content (AvgIpc) is 2.04. The van der Waals surface area contributed by atoms with Crippen molar-refractivity contribution in [3.8, 4) is 0 Å². The highest BCUT2D eigenvalue weighted by atomic mass is 14.9. The molecule has 1 N–H and O–H groups in total. The number of para-hydroxylation sites is 1. The second kappa shape index (κ2) is 2.57. The monoisotopic (exact) mass is 147 g/mol. The molecule has 0 amide bonds. The van der Waals surface area contributed by atoms with Crippen LogP contribution in [0.4, 0.5) is 5.69 Å². The minimum atomic E-state index is 0.782. The van der Waals surface area contributed by atoms with Crippen LogP contribution in [0.2, 0.25) is 0 Å². The zero-order valence-corrected chi connectivity index (χ0v) is 6.80. The number of benzene rings is 1. The first-order chi connectivity index (χ1) is 5.36. The van der Waals surface area contributed by atoms with Gasteiger partial charge in [0.2, 0.25) is 0 Å². The van der Waals surface area contributed by atoms with E-state index < -0.39 is 0 Å². The van der Waals surface area contributed by atoms with Gasteiger partial charge in [-0.15, -0.1) is 0 Å². The van der Waals surface area contributed by atoms with Gasteiger partial charge in [-0.25, -0.2) is 0 Å². The Morgan fingerprint density at radius 2 is 2.18 bits per heavy atom. The number of fused-ring (bicyclic) bond motifs is 1. The number of hydrogen-bond donors (Lipinski definition) is 1. The smallest absolute Gasteiger partial charge is 0.0372 e. The summed E-state index contributed by atoms with van der Waals surface area (Å²) >= 11 is 0. The highest BCUT2D eigenvalue weighted by Crippen LogP contribution is 2.23. The van der Waals surface area contributed by atoms with Crippen LogP contribution < -0.4 is 5.32 Å². The van der Waals surface area contributed by atoms with Gasteiger partial charge in [0.1, 0.15) is 0 Å². The summed E-state index contributed by atoms with van der Waals surface area (Å²) in [6.07, 6.45) is 1.23. The van der Waals surface area contributed by atoms with Gasteiger partial charge in [0.25, 0.3) is 0 Å². The van der Waals surface area contributed by atoms with Gasteiger partial charge >= 0.3 is 0 Å². The second-order valence-corrected chi connectivity index (χ2v) is 3.35. The fourth-order valence-electron chi connectivity index (χ4n) is 1.60. The molecule has 1 aliphatic heterocycles. The molecule has 1 heteroatoms. The molecule has 1 aliphatic rings. The molecule has 0 fully saturated rings. The van der Waals surface area contributed by atoms with Crippen LogP contribution in [0.3, 0.4) is 0 Å². The summed E-state index contributed by atoms with van der Waals surface area (Å²) in [5.41, 5.74) is 2.79. The van der Waals surface area contributed by atoms with Crippen molar-refractivity contribution in [3.63, 3.8) is 0 Å². The van der Waals surface area contributed by atoms with E-state index in [4.69, 9.17) is 0 Å². The SMILES string of the molecule is CC1CNc2ccccc2C1. The van der Waals surface area contributed by atoms with E-state index in [1.165, 1.54) is 17.7 Å². The fraction of sp³-hybridized carbons (Fsp3) is 0.400. The molecule has 1 atom stereocenters. The Balaban J connectivity index is 2.34. The van der Waals surface area contributed by atoms with Crippen molar-refractivity contribution in [3.05, 3.63) is 29.8 Å². The Kier molecular flexibility index (Phi) is 1.57. The average molecular weight is 147 g/mol.